The molecule has 20 heavy (non-hydrogen) atoms. The van der Waals surface area contributed by atoms with Crippen LogP contribution in [0, 0.1) is 19.3 Å². The van der Waals surface area contributed by atoms with Gasteiger partial charge in [0.1, 0.15) is 10.9 Å². The molecule has 6 heteroatoms. The van der Waals surface area contributed by atoms with E-state index in [0.29, 0.717) is 23.6 Å². The minimum absolute atomic E-state index is 0.114. The molecule has 0 saturated heterocycles. The Balaban J connectivity index is 2.09. The molecule has 0 atom stereocenters. The van der Waals surface area contributed by atoms with Crippen molar-refractivity contribution in [2.45, 2.75) is 38.1 Å². The second-order valence-electron chi connectivity index (χ2n) is 5.40. The highest BCUT2D eigenvalue weighted by Gasteiger charge is 2.42. The molecule has 0 unspecified atom stereocenters. The van der Waals surface area contributed by atoms with Crippen LogP contribution in [0.25, 0.3) is 0 Å². The third-order valence-corrected chi connectivity index (χ3v) is 4.49. The number of thioether (sulfide) groups is 1. The van der Waals surface area contributed by atoms with Crippen molar-refractivity contribution in [3.05, 3.63) is 17.1 Å². The molecule has 0 aliphatic heterocycles. The second kappa shape index (κ2) is 6.10. The van der Waals surface area contributed by atoms with Gasteiger partial charge in [-0.05, 0) is 44.8 Å². The maximum Gasteiger partial charge on any atom is 0.255 e. The molecule has 1 aromatic heterocycles. The fourth-order valence-corrected chi connectivity index (χ4v) is 3.04. The van der Waals surface area contributed by atoms with Gasteiger partial charge in [0.2, 0.25) is 0 Å². The molecule has 1 aliphatic rings. The van der Waals surface area contributed by atoms with Crippen molar-refractivity contribution in [3.8, 4) is 0 Å². The number of hydrogen-bond acceptors (Lipinski definition) is 5. The summed E-state index contributed by atoms with van der Waals surface area (Å²) in [4.78, 5) is 21.0. The standard InChI is InChI=1S/C14H21N3O2S/c1-9-11(13(20-3)17-10(2)16-9)12(19)15-8-14(4-5-14)6-7-18/h18H,4-8H2,1-3H3,(H,15,19). The predicted octanol–water partition coefficient (Wildman–Crippen LogP) is 1.71. The van der Waals surface area contributed by atoms with E-state index in [1.54, 1.807) is 0 Å². The fraction of sp³-hybridized carbons (Fsp3) is 0.643. The molecular weight excluding hydrogens is 274 g/mol. The summed E-state index contributed by atoms with van der Waals surface area (Å²) in [5, 5.41) is 12.7. The highest BCUT2D eigenvalue weighted by molar-refractivity contribution is 7.98. The summed E-state index contributed by atoms with van der Waals surface area (Å²) in [5.74, 6) is 0.568. The summed E-state index contributed by atoms with van der Waals surface area (Å²) in [6, 6.07) is 0. The first-order valence-corrected chi connectivity index (χ1v) is 8.02. The predicted molar refractivity (Wildman–Crippen MR) is 79.0 cm³/mol. The Labute approximate surface area is 123 Å². The SMILES string of the molecule is CSc1nc(C)nc(C)c1C(=O)NCC1(CCO)CC1. The van der Waals surface area contributed by atoms with E-state index in [1.807, 2.05) is 20.1 Å². The molecule has 0 radical (unpaired) electrons. The van der Waals surface area contributed by atoms with Gasteiger partial charge in [-0.25, -0.2) is 9.97 Å². The number of aromatic nitrogens is 2. The van der Waals surface area contributed by atoms with Crippen LogP contribution in [0.5, 0.6) is 0 Å². The van der Waals surface area contributed by atoms with Gasteiger partial charge in [-0.15, -0.1) is 11.8 Å². The quantitative estimate of drug-likeness (QED) is 0.617. The maximum absolute atomic E-state index is 12.4. The number of rotatable bonds is 6. The van der Waals surface area contributed by atoms with Gasteiger partial charge in [0.15, 0.2) is 0 Å². The molecule has 2 N–H and O–H groups in total. The third kappa shape index (κ3) is 3.30. The number of aryl methyl sites for hydroxylation is 2. The summed E-state index contributed by atoms with van der Waals surface area (Å²) in [5.41, 5.74) is 1.40. The smallest absolute Gasteiger partial charge is 0.255 e. The summed E-state index contributed by atoms with van der Waals surface area (Å²) < 4.78 is 0. The van der Waals surface area contributed by atoms with Gasteiger partial charge in [0.05, 0.1) is 11.3 Å². The van der Waals surface area contributed by atoms with E-state index in [0.717, 1.165) is 24.3 Å². The highest BCUT2D eigenvalue weighted by atomic mass is 32.2. The van der Waals surface area contributed by atoms with Crippen molar-refractivity contribution in [2.75, 3.05) is 19.4 Å². The van der Waals surface area contributed by atoms with Gasteiger partial charge < -0.3 is 10.4 Å². The summed E-state index contributed by atoms with van der Waals surface area (Å²) in [6.45, 7) is 4.46. The van der Waals surface area contributed by atoms with Crippen LogP contribution in [0.4, 0.5) is 0 Å². The molecule has 1 amide bonds. The number of amides is 1. The molecule has 0 spiro atoms. The van der Waals surface area contributed by atoms with Crippen LogP contribution in [0.15, 0.2) is 5.03 Å². The molecule has 1 aliphatic carbocycles. The van der Waals surface area contributed by atoms with Crippen molar-refractivity contribution in [1.29, 1.82) is 0 Å². The van der Waals surface area contributed by atoms with E-state index < -0.39 is 0 Å². The number of aliphatic hydroxyl groups is 1. The lowest BCUT2D eigenvalue weighted by molar-refractivity contribution is 0.0936. The van der Waals surface area contributed by atoms with E-state index in [4.69, 9.17) is 5.11 Å². The van der Waals surface area contributed by atoms with Crippen LogP contribution in [0.3, 0.4) is 0 Å². The summed E-state index contributed by atoms with van der Waals surface area (Å²) in [7, 11) is 0. The van der Waals surface area contributed by atoms with E-state index in [9.17, 15) is 4.79 Å². The van der Waals surface area contributed by atoms with E-state index in [1.165, 1.54) is 11.8 Å². The van der Waals surface area contributed by atoms with Gasteiger partial charge in [0.25, 0.3) is 5.91 Å². The molecule has 1 saturated carbocycles. The van der Waals surface area contributed by atoms with Crippen LogP contribution in [0.1, 0.15) is 41.1 Å². The lowest BCUT2D eigenvalue weighted by atomic mass is 10.0. The van der Waals surface area contributed by atoms with Crippen LogP contribution >= 0.6 is 11.8 Å². The highest BCUT2D eigenvalue weighted by Crippen LogP contribution is 2.47. The van der Waals surface area contributed by atoms with Gasteiger partial charge in [0, 0.05) is 13.2 Å². The first kappa shape index (κ1) is 15.3. The molecule has 1 aromatic rings. The first-order chi connectivity index (χ1) is 9.51. The van der Waals surface area contributed by atoms with Gasteiger partial charge in [-0.2, -0.15) is 0 Å². The van der Waals surface area contributed by atoms with Crippen LogP contribution in [-0.4, -0.2) is 40.4 Å². The molecule has 110 valence electrons. The van der Waals surface area contributed by atoms with Crippen molar-refractivity contribution in [3.63, 3.8) is 0 Å². The molecule has 2 rings (SSSR count). The maximum atomic E-state index is 12.4. The molecular formula is C14H21N3O2S. The van der Waals surface area contributed by atoms with Crippen molar-refractivity contribution in [1.82, 2.24) is 15.3 Å². The Morgan fingerprint density at radius 3 is 2.65 bits per heavy atom. The zero-order valence-electron chi connectivity index (χ0n) is 12.2. The lowest BCUT2D eigenvalue weighted by Gasteiger charge is -2.16. The molecule has 0 aromatic carbocycles. The van der Waals surface area contributed by atoms with E-state index >= 15 is 0 Å². The first-order valence-electron chi connectivity index (χ1n) is 6.79. The Morgan fingerprint density at radius 1 is 1.40 bits per heavy atom. The lowest BCUT2D eigenvalue weighted by Crippen LogP contribution is -2.32. The fourth-order valence-electron chi connectivity index (χ4n) is 2.38. The average Bonchev–Trinajstić information content (AvgIpc) is 3.16. The van der Waals surface area contributed by atoms with Crippen molar-refractivity contribution in [2.24, 2.45) is 5.41 Å². The van der Waals surface area contributed by atoms with Gasteiger partial charge in [-0.1, -0.05) is 0 Å². The average molecular weight is 295 g/mol. The molecule has 1 heterocycles. The monoisotopic (exact) mass is 295 g/mol. The Hall–Kier alpha value is -1.14. The number of hydrogen-bond donors (Lipinski definition) is 2. The zero-order chi connectivity index (χ0) is 14.8. The van der Waals surface area contributed by atoms with Crippen LogP contribution < -0.4 is 5.32 Å². The van der Waals surface area contributed by atoms with Crippen molar-refractivity contribution >= 4 is 17.7 Å². The number of nitrogens with one attached hydrogen (secondary N) is 1. The Morgan fingerprint density at radius 2 is 2.10 bits per heavy atom. The second-order valence-corrected chi connectivity index (χ2v) is 6.19. The third-order valence-electron chi connectivity index (χ3n) is 3.81. The summed E-state index contributed by atoms with van der Waals surface area (Å²) in [6.07, 6.45) is 4.82. The van der Waals surface area contributed by atoms with E-state index in [-0.39, 0.29) is 17.9 Å². The number of carbonyl (C=O) groups excluding carboxylic acids is 1. The topological polar surface area (TPSA) is 75.1 Å². The van der Waals surface area contributed by atoms with Gasteiger partial charge in [-0.3, -0.25) is 4.79 Å². The van der Waals surface area contributed by atoms with E-state index in [2.05, 4.69) is 15.3 Å². The van der Waals surface area contributed by atoms with Crippen LogP contribution in [0.2, 0.25) is 0 Å². The summed E-state index contributed by atoms with van der Waals surface area (Å²) >= 11 is 1.46. The molecule has 1 fully saturated rings. The zero-order valence-corrected chi connectivity index (χ0v) is 13.0. The normalized spacial score (nSPS) is 16.0. The van der Waals surface area contributed by atoms with Crippen LogP contribution in [-0.2, 0) is 0 Å². The molecule has 0 bridgehead atoms. The van der Waals surface area contributed by atoms with Crippen molar-refractivity contribution < 1.29 is 9.90 Å². The molecule has 5 nitrogen and oxygen atoms in total. The number of aliphatic hydroxyl groups excluding tert-OH is 1. The number of nitrogens with zero attached hydrogens (tertiary/aromatic N) is 2. The van der Waals surface area contributed by atoms with Gasteiger partial charge >= 0.3 is 0 Å². The minimum atomic E-state index is -0.115. The Bertz CT molecular complexity index is 515. The largest absolute Gasteiger partial charge is 0.396 e. The Kier molecular flexibility index (Phi) is 4.65. The number of carbonyl (C=O) groups is 1. The minimum Gasteiger partial charge on any atom is -0.396 e.